The average molecular weight is 260 g/mol. The number of rotatable bonds is 3. The second kappa shape index (κ2) is 5.09. The minimum absolute atomic E-state index is 0.0873. The van der Waals surface area contributed by atoms with Crippen molar-refractivity contribution in [3.63, 3.8) is 0 Å². The zero-order valence-corrected chi connectivity index (χ0v) is 11.2. The molecule has 2 rings (SSSR count). The van der Waals surface area contributed by atoms with Gasteiger partial charge in [0.15, 0.2) is 12.4 Å². The molecule has 0 aliphatic carbocycles. The second-order valence-corrected chi connectivity index (χ2v) is 4.37. The van der Waals surface area contributed by atoms with Gasteiger partial charge in [-0.1, -0.05) is 6.07 Å². The summed E-state index contributed by atoms with van der Waals surface area (Å²) >= 11 is 0. The van der Waals surface area contributed by atoms with Crippen LogP contribution < -0.4 is 5.73 Å². The normalized spacial score (nSPS) is 10.5. The lowest BCUT2D eigenvalue weighted by atomic mass is 10.1. The third-order valence-corrected chi connectivity index (χ3v) is 3.03. The van der Waals surface area contributed by atoms with Crippen LogP contribution in [0.25, 0.3) is 0 Å². The van der Waals surface area contributed by atoms with Crippen molar-refractivity contribution in [2.75, 3.05) is 5.73 Å². The summed E-state index contributed by atoms with van der Waals surface area (Å²) < 4.78 is 6.96. The van der Waals surface area contributed by atoms with Gasteiger partial charge in [-0.3, -0.25) is 0 Å². The molecule has 0 bridgehead atoms. The summed E-state index contributed by atoms with van der Waals surface area (Å²) in [5.74, 6) is 0.948. The Morgan fingerprint density at radius 1 is 1.37 bits per heavy atom. The Labute approximate surface area is 111 Å². The summed E-state index contributed by atoms with van der Waals surface area (Å²) in [5.41, 5.74) is 7.70. The highest BCUT2D eigenvalue weighted by Gasteiger charge is 2.11. The van der Waals surface area contributed by atoms with Gasteiger partial charge < -0.3 is 15.0 Å². The maximum absolute atomic E-state index is 11.9. The topological polar surface area (TPSA) is 83.0 Å². The number of ether oxygens (including phenoxy) is 1. The van der Waals surface area contributed by atoms with Gasteiger partial charge in [-0.2, -0.15) is 0 Å². The molecular formula is C13H16N4O2. The fourth-order valence-electron chi connectivity index (χ4n) is 1.56. The van der Waals surface area contributed by atoms with E-state index in [2.05, 4.69) is 10.2 Å². The van der Waals surface area contributed by atoms with E-state index in [1.165, 1.54) is 0 Å². The predicted octanol–water partition coefficient (Wildman–Crippen LogP) is 1.37. The lowest BCUT2D eigenvalue weighted by Crippen LogP contribution is -2.09. The van der Waals surface area contributed by atoms with Gasteiger partial charge in [-0.15, -0.1) is 10.2 Å². The van der Waals surface area contributed by atoms with Crippen LogP contribution in [0.15, 0.2) is 18.2 Å². The number of nitrogens with zero attached hydrogens (tertiary/aromatic N) is 3. The van der Waals surface area contributed by atoms with Gasteiger partial charge in [0, 0.05) is 12.7 Å². The highest BCUT2D eigenvalue weighted by molar-refractivity contribution is 5.90. The predicted molar refractivity (Wildman–Crippen MR) is 70.5 cm³/mol. The Kier molecular flexibility index (Phi) is 3.50. The lowest BCUT2D eigenvalue weighted by Gasteiger charge is -2.06. The number of benzene rings is 1. The molecule has 6 heteroatoms. The minimum Gasteiger partial charge on any atom is -0.454 e. The van der Waals surface area contributed by atoms with Crippen molar-refractivity contribution < 1.29 is 9.53 Å². The van der Waals surface area contributed by atoms with Crippen molar-refractivity contribution in [2.45, 2.75) is 20.5 Å². The first-order valence-electron chi connectivity index (χ1n) is 5.87. The Hall–Kier alpha value is -2.37. The standard InChI is InChI=1S/C13H16N4O2/c1-8-4-5-10(6-11(8)14)13(18)19-7-12-16-15-9(2)17(12)3/h4-6H,7,14H2,1-3H3. The quantitative estimate of drug-likeness (QED) is 0.665. The van der Waals surface area contributed by atoms with E-state index in [-0.39, 0.29) is 6.61 Å². The first-order valence-corrected chi connectivity index (χ1v) is 5.87. The van der Waals surface area contributed by atoms with Gasteiger partial charge in [0.05, 0.1) is 5.56 Å². The number of carbonyl (C=O) groups is 1. The number of carbonyl (C=O) groups excluding carboxylic acids is 1. The number of nitrogen functional groups attached to an aromatic ring is 1. The average Bonchev–Trinajstić information content (AvgIpc) is 2.70. The van der Waals surface area contributed by atoms with Crippen LogP contribution in [0.1, 0.15) is 27.6 Å². The van der Waals surface area contributed by atoms with E-state index in [9.17, 15) is 4.79 Å². The molecule has 0 saturated carbocycles. The van der Waals surface area contributed by atoms with Crippen LogP contribution in [0.3, 0.4) is 0 Å². The van der Waals surface area contributed by atoms with Gasteiger partial charge in [-0.05, 0) is 31.5 Å². The number of hydrogen-bond donors (Lipinski definition) is 1. The van der Waals surface area contributed by atoms with Crippen LogP contribution in [-0.2, 0) is 18.4 Å². The molecule has 0 spiro atoms. The Morgan fingerprint density at radius 3 is 2.68 bits per heavy atom. The molecule has 0 aliphatic heterocycles. The number of hydrogen-bond acceptors (Lipinski definition) is 5. The van der Waals surface area contributed by atoms with E-state index in [4.69, 9.17) is 10.5 Å². The van der Waals surface area contributed by atoms with Gasteiger partial charge in [0.2, 0.25) is 0 Å². The molecule has 0 radical (unpaired) electrons. The summed E-state index contributed by atoms with van der Waals surface area (Å²) in [6.45, 7) is 3.80. The number of anilines is 1. The van der Waals surface area contributed by atoms with E-state index in [0.29, 0.717) is 17.1 Å². The summed E-state index contributed by atoms with van der Waals surface area (Å²) in [6, 6.07) is 5.09. The largest absolute Gasteiger partial charge is 0.454 e. The second-order valence-electron chi connectivity index (χ2n) is 4.37. The minimum atomic E-state index is -0.424. The molecule has 1 aromatic heterocycles. The van der Waals surface area contributed by atoms with Gasteiger partial charge in [-0.25, -0.2) is 4.79 Å². The Morgan fingerprint density at radius 2 is 2.11 bits per heavy atom. The molecule has 0 saturated heterocycles. The van der Waals surface area contributed by atoms with Crippen LogP contribution in [0, 0.1) is 13.8 Å². The fraction of sp³-hybridized carbons (Fsp3) is 0.308. The van der Waals surface area contributed by atoms with Crippen LogP contribution >= 0.6 is 0 Å². The van der Waals surface area contributed by atoms with Crippen molar-refractivity contribution >= 4 is 11.7 Å². The smallest absolute Gasteiger partial charge is 0.338 e. The van der Waals surface area contributed by atoms with Gasteiger partial charge in [0.25, 0.3) is 0 Å². The van der Waals surface area contributed by atoms with E-state index < -0.39 is 5.97 Å². The molecule has 19 heavy (non-hydrogen) atoms. The summed E-state index contributed by atoms with van der Waals surface area (Å²) in [7, 11) is 1.82. The third kappa shape index (κ3) is 2.73. The maximum atomic E-state index is 11.9. The van der Waals surface area contributed by atoms with Crippen molar-refractivity contribution in [1.82, 2.24) is 14.8 Å². The highest BCUT2D eigenvalue weighted by atomic mass is 16.5. The van der Waals surface area contributed by atoms with Gasteiger partial charge in [0.1, 0.15) is 5.82 Å². The first kappa shape index (κ1) is 13.1. The summed E-state index contributed by atoms with van der Waals surface area (Å²) in [6.07, 6.45) is 0. The molecule has 1 aromatic carbocycles. The molecule has 6 nitrogen and oxygen atoms in total. The van der Waals surface area contributed by atoms with E-state index in [0.717, 1.165) is 11.4 Å². The monoisotopic (exact) mass is 260 g/mol. The summed E-state index contributed by atoms with van der Waals surface area (Å²) in [4.78, 5) is 11.9. The zero-order valence-electron chi connectivity index (χ0n) is 11.2. The van der Waals surface area contributed by atoms with Crippen molar-refractivity contribution in [3.05, 3.63) is 41.0 Å². The molecule has 0 unspecified atom stereocenters. The number of aromatic nitrogens is 3. The Balaban J connectivity index is 2.05. The molecule has 1 heterocycles. The Bertz CT molecular complexity index is 619. The highest BCUT2D eigenvalue weighted by Crippen LogP contribution is 2.14. The molecule has 0 amide bonds. The molecule has 2 aromatic rings. The van der Waals surface area contributed by atoms with E-state index >= 15 is 0 Å². The fourth-order valence-corrected chi connectivity index (χ4v) is 1.56. The molecule has 2 N–H and O–H groups in total. The van der Waals surface area contributed by atoms with E-state index in [1.54, 1.807) is 22.8 Å². The van der Waals surface area contributed by atoms with Crippen molar-refractivity contribution in [1.29, 1.82) is 0 Å². The lowest BCUT2D eigenvalue weighted by molar-refractivity contribution is 0.0458. The zero-order chi connectivity index (χ0) is 14.0. The number of esters is 1. The van der Waals surface area contributed by atoms with Crippen molar-refractivity contribution in [3.8, 4) is 0 Å². The van der Waals surface area contributed by atoms with Crippen LogP contribution in [0.2, 0.25) is 0 Å². The maximum Gasteiger partial charge on any atom is 0.338 e. The van der Waals surface area contributed by atoms with Gasteiger partial charge >= 0.3 is 5.97 Å². The third-order valence-electron chi connectivity index (χ3n) is 3.03. The van der Waals surface area contributed by atoms with Crippen LogP contribution in [0.4, 0.5) is 5.69 Å². The molecule has 0 aliphatic rings. The van der Waals surface area contributed by atoms with E-state index in [1.807, 2.05) is 20.9 Å². The number of aryl methyl sites for hydroxylation is 2. The molecule has 100 valence electrons. The molecule has 0 atom stereocenters. The first-order chi connectivity index (χ1) is 8.99. The number of nitrogens with two attached hydrogens (primary N) is 1. The molecular weight excluding hydrogens is 244 g/mol. The van der Waals surface area contributed by atoms with Crippen LogP contribution in [-0.4, -0.2) is 20.7 Å². The van der Waals surface area contributed by atoms with Crippen molar-refractivity contribution in [2.24, 2.45) is 7.05 Å². The molecule has 0 fully saturated rings. The SMILES string of the molecule is Cc1ccc(C(=O)OCc2nnc(C)n2C)cc1N. The van der Waals surface area contributed by atoms with Crippen LogP contribution in [0.5, 0.6) is 0 Å². The summed E-state index contributed by atoms with van der Waals surface area (Å²) in [5, 5.41) is 7.82.